The zero-order valence-electron chi connectivity index (χ0n) is 8.54. The van der Waals surface area contributed by atoms with Crippen molar-refractivity contribution in [2.75, 3.05) is 7.11 Å². The van der Waals surface area contributed by atoms with E-state index in [0.717, 1.165) is 6.07 Å². The number of hydrogen-bond acceptors (Lipinski definition) is 3. The van der Waals surface area contributed by atoms with Gasteiger partial charge in [0.25, 0.3) is 0 Å². The largest absolute Gasteiger partial charge is 0.495 e. The molecular formula is C10H11ClFNO3. The number of rotatable bonds is 4. The number of methoxy groups -OCH3 is 1. The Morgan fingerprint density at radius 2 is 2.31 bits per heavy atom. The number of aliphatic carboxylic acids is 1. The topological polar surface area (TPSA) is 72.5 Å². The zero-order valence-corrected chi connectivity index (χ0v) is 9.29. The molecule has 0 radical (unpaired) electrons. The van der Waals surface area contributed by atoms with Crippen LogP contribution in [-0.4, -0.2) is 24.2 Å². The highest BCUT2D eigenvalue weighted by molar-refractivity contribution is 6.32. The highest BCUT2D eigenvalue weighted by Gasteiger charge is 2.19. The van der Waals surface area contributed by atoms with E-state index in [9.17, 15) is 9.18 Å². The molecule has 4 nitrogen and oxygen atoms in total. The molecule has 1 atom stereocenters. The van der Waals surface area contributed by atoms with Crippen molar-refractivity contribution in [2.45, 2.75) is 12.5 Å². The molecule has 6 heteroatoms. The van der Waals surface area contributed by atoms with Crippen LogP contribution in [0.15, 0.2) is 12.1 Å². The highest BCUT2D eigenvalue weighted by Crippen LogP contribution is 2.30. The molecule has 88 valence electrons. The van der Waals surface area contributed by atoms with E-state index >= 15 is 0 Å². The van der Waals surface area contributed by atoms with E-state index in [-0.39, 0.29) is 22.8 Å². The van der Waals surface area contributed by atoms with Gasteiger partial charge in [0, 0.05) is 12.0 Å². The first-order valence-electron chi connectivity index (χ1n) is 4.46. The van der Waals surface area contributed by atoms with Crippen LogP contribution in [0.2, 0.25) is 5.02 Å². The summed E-state index contributed by atoms with van der Waals surface area (Å²) in [6.07, 6.45) is -0.183. The summed E-state index contributed by atoms with van der Waals surface area (Å²) in [5.74, 6) is -1.52. The fourth-order valence-electron chi connectivity index (χ4n) is 1.23. The van der Waals surface area contributed by atoms with Gasteiger partial charge >= 0.3 is 5.97 Å². The number of benzene rings is 1. The molecule has 0 fully saturated rings. The lowest BCUT2D eigenvalue weighted by Crippen LogP contribution is -2.32. The molecule has 0 unspecified atom stereocenters. The van der Waals surface area contributed by atoms with Crippen LogP contribution in [-0.2, 0) is 11.2 Å². The fraction of sp³-hybridized carbons (Fsp3) is 0.300. The standard InChI is InChI=1S/C10H11ClFNO3/c1-16-8-3-2-6(12)5(9(8)11)4-7(13)10(14)15/h2-3,7H,4,13H2,1H3,(H,14,15)/t7-/m0/s1. The van der Waals surface area contributed by atoms with Crippen molar-refractivity contribution in [1.29, 1.82) is 0 Å². The normalized spacial score (nSPS) is 12.2. The number of carbonyl (C=O) groups is 1. The SMILES string of the molecule is COc1ccc(F)c(C[C@H](N)C(=O)O)c1Cl. The third-order valence-electron chi connectivity index (χ3n) is 2.11. The maximum absolute atomic E-state index is 13.4. The van der Waals surface area contributed by atoms with Gasteiger partial charge in [-0.25, -0.2) is 4.39 Å². The van der Waals surface area contributed by atoms with Crippen molar-refractivity contribution < 1.29 is 19.0 Å². The minimum atomic E-state index is -1.21. The first-order chi connectivity index (χ1) is 7.47. The van der Waals surface area contributed by atoms with E-state index < -0.39 is 17.8 Å². The maximum atomic E-state index is 13.4. The molecule has 0 aliphatic rings. The van der Waals surface area contributed by atoms with E-state index in [1.165, 1.54) is 13.2 Å². The Morgan fingerprint density at radius 1 is 1.69 bits per heavy atom. The van der Waals surface area contributed by atoms with Gasteiger partial charge in [-0.2, -0.15) is 0 Å². The molecule has 0 aromatic heterocycles. The summed E-state index contributed by atoms with van der Waals surface area (Å²) >= 11 is 5.85. The Kier molecular flexibility index (Phi) is 4.09. The second kappa shape index (κ2) is 5.14. The van der Waals surface area contributed by atoms with Gasteiger partial charge in [0.2, 0.25) is 0 Å². The van der Waals surface area contributed by atoms with Gasteiger partial charge in [-0.15, -0.1) is 0 Å². The summed E-state index contributed by atoms with van der Waals surface area (Å²) in [6.45, 7) is 0. The fourth-order valence-corrected chi connectivity index (χ4v) is 1.54. The summed E-state index contributed by atoms with van der Waals surface area (Å²) in [5, 5.41) is 8.68. The van der Waals surface area contributed by atoms with Gasteiger partial charge in [-0.05, 0) is 12.1 Å². The van der Waals surface area contributed by atoms with Gasteiger partial charge in [-0.3, -0.25) is 4.79 Å². The van der Waals surface area contributed by atoms with Crippen LogP contribution in [0.5, 0.6) is 5.75 Å². The Balaban J connectivity index is 3.07. The molecular weight excluding hydrogens is 237 g/mol. The second-order valence-electron chi connectivity index (χ2n) is 3.19. The Morgan fingerprint density at radius 3 is 2.81 bits per heavy atom. The molecule has 1 aromatic carbocycles. The van der Waals surface area contributed by atoms with Crippen LogP contribution in [0.4, 0.5) is 4.39 Å². The number of carboxylic acid groups (broad SMARTS) is 1. The molecule has 0 heterocycles. The average molecular weight is 248 g/mol. The Bertz CT molecular complexity index is 411. The molecule has 1 rings (SSSR count). The summed E-state index contributed by atoms with van der Waals surface area (Å²) < 4.78 is 18.3. The Hall–Kier alpha value is -1.33. The van der Waals surface area contributed by atoms with E-state index in [1.54, 1.807) is 0 Å². The zero-order chi connectivity index (χ0) is 12.3. The molecule has 0 spiro atoms. The van der Waals surface area contributed by atoms with Gasteiger partial charge in [0.1, 0.15) is 17.6 Å². The Labute approximate surface area is 96.8 Å². The maximum Gasteiger partial charge on any atom is 0.320 e. The molecule has 0 bridgehead atoms. The minimum absolute atomic E-state index is 0.0518. The van der Waals surface area contributed by atoms with Crippen molar-refractivity contribution >= 4 is 17.6 Å². The van der Waals surface area contributed by atoms with E-state index in [4.69, 9.17) is 27.2 Å². The lowest BCUT2D eigenvalue weighted by atomic mass is 10.1. The van der Waals surface area contributed by atoms with Gasteiger partial charge in [0.15, 0.2) is 0 Å². The number of hydrogen-bond donors (Lipinski definition) is 2. The summed E-state index contributed by atoms with van der Waals surface area (Å²) in [7, 11) is 1.39. The molecule has 3 N–H and O–H groups in total. The molecule has 16 heavy (non-hydrogen) atoms. The number of halogens is 2. The number of carboxylic acids is 1. The van der Waals surface area contributed by atoms with Crippen LogP contribution in [0.1, 0.15) is 5.56 Å². The van der Waals surface area contributed by atoms with E-state index in [2.05, 4.69) is 0 Å². The predicted molar refractivity (Wildman–Crippen MR) is 57.3 cm³/mol. The van der Waals surface area contributed by atoms with Crippen molar-refractivity contribution in [2.24, 2.45) is 5.73 Å². The van der Waals surface area contributed by atoms with Crippen molar-refractivity contribution in [3.63, 3.8) is 0 Å². The summed E-state index contributed by atoms with van der Waals surface area (Å²) in [6, 6.07) is 1.33. The van der Waals surface area contributed by atoms with Crippen molar-refractivity contribution in [3.05, 3.63) is 28.5 Å². The quantitative estimate of drug-likeness (QED) is 0.845. The molecule has 0 aliphatic heterocycles. The lowest BCUT2D eigenvalue weighted by molar-refractivity contribution is -0.138. The van der Waals surface area contributed by atoms with E-state index in [0.29, 0.717) is 0 Å². The first kappa shape index (κ1) is 12.7. The number of ether oxygens (including phenoxy) is 1. The number of nitrogens with two attached hydrogens (primary N) is 1. The van der Waals surface area contributed by atoms with Gasteiger partial charge < -0.3 is 15.6 Å². The smallest absolute Gasteiger partial charge is 0.320 e. The van der Waals surface area contributed by atoms with Gasteiger partial charge in [-0.1, -0.05) is 11.6 Å². The predicted octanol–water partition coefficient (Wildman–Crippen LogP) is 1.44. The average Bonchev–Trinajstić information content (AvgIpc) is 2.24. The van der Waals surface area contributed by atoms with Crippen LogP contribution < -0.4 is 10.5 Å². The third kappa shape index (κ3) is 2.62. The van der Waals surface area contributed by atoms with Gasteiger partial charge in [0.05, 0.1) is 12.1 Å². The molecule has 0 aliphatic carbocycles. The van der Waals surface area contributed by atoms with Crippen LogP contribution in [0, 0.1) is 5.82 Å². The molecule has 0 saturated carbocycles. The third-order valence-corrected chi connectivity index (χ3v) is 2.53. The minimum Gasteiger partial charge on any atom is -0.495 e. The van der Waals surface area contributed by atoms with E-state index in [1.807, 2.05) is 0 Å². The molecule has 0 saturated heterocycles. The first-order valence-corrected chi connectivity index (χ1v) is 4.84. The van der Waals surface area contributed by atoms with Crippen LogP contribution in [0.25, 0.3) is 0 Å². The highest BCUT2D eigenvalue weighted by atomic mass is 35.5. The summed E-state index contributed by atoms with van der Waals surface area (Å²) in [5.41, 5.74) is 5.36. The molecule has 0 amide bonds. The second-order valence-corrected chi connectivity index (χ2v) is 3.57. The summed E-state index contributed by atoms with van der Waals surface area (Å²) in [4.78, 5) is 10.6. The lowest BCUT2D eigenvalue weighted by Gasteiger charge is -2.11. The molecule has 1 aromatic rings. The van der Waals surface area contributed by atoms with Crippen LogP contribution in [0.3, 0.4) is 0 Å². The monoisotopic (exact) mass is 247 g/mol. The van der Waals surface area contributed by atoms with Crippen LogP contribution >= 0.6 is 11.6 Å². The van der Waals surface area contributed by atoms with Crippen molar-refractivity contribution in [3.8, 4) is 5.75 Å². The van der Waals surface area contributed by atoms with Crippen molar-refractivity contribution in [1.82, 2.24) is 0 Å².